The highest BCUT2D eigenvalue weighted by molar-refractivity contribution is 6.36. The molecule has 0 atom stereocenters. The number of nitrogens with one attached hydrogen (secondary N) is 2. The van der Waals surface area contributed by atoms with Gasteiger partial charge in [-0.15, -0.1) is 0 Å². The van der Waals surface area contributed by atoms with Crippen molar-refractivity contribution in [2.24, 2.45) is 0 Å². The van der Waals surface area contributed by atoms with E-state index in [1.54, 1.807) is 41.3 Å². The predicted molar refractivity (Wildman–Crippen MR) is 138 cm³/mol. The smallest absolute Gasteiger partial charge is 0.262 e. The second-order valence-corrected chi connectivity index (χ2v) is 8.64. The number of carbonyl (C=O) groups is 2. The minimum Gasteiger partial charge on any atom is -0.379 e. The lowest BCUT2D eigenvalue weighted by Crippen LogP contribution is -2.26. The zero-order chi connectivity index (χ0) is 23.7. The molecule has 0 saturated heterocycles. The van der Waals surface area contributed by atoms with Gasteiger partial charge in [0.1, 0.15) is 0 Å². The summed E-state index contributed by atoms with van der Waals surface area (Å²) in [6.07, 6.45) is 0. The van der Waals surface area contributed by atoms with Crippen LogP contribution in [-0.4, -0.2) is 11.8 Å². The summed E-state index contributed by atoms with van der Waals surface area (Å²) in [7, 11) is 0. The summed E-state index contributed by atoms with van der Waals surface area (Å²) < 4.78 is 0. The molecule has 7 heteroatoms. The molecular weight excluding hydrogens is 469 g/mol. The zero-order valence-electron chi connectivity index (χ0n) is 17.9. The van der Waals surface area contributed by atoms with Crippen molar-refractivity contribution < 1.29 is 9.59 Å². The second-order valence-electron chi connectivity index (χ2n) is 7.80. The Morgan fingerprint density at radius 1 is 0.824 bits per heavy atom. The monoisotopic (exact) mass is 487 g/mol. The Labute approximate surface area is 206 Å². The normalized spacial score (nSPS) is 12.1. The minimum absolute atomic E-state index is 0.167. The van der Waals surface area contributed by atoms with E-state index in [1.807, 2.05) is 48.5 Å². The number of nitrogens with zero attached hydrogens (tertiary/aromatic N) is 1. The van der Waals surface area contributed by atoms with Crippen LogP contribution in [0, 0.1) is 0 Å². The molecule has 0 bridgehead atoms. The number of fused-ring (bicyclic) bond motifs is 2. The molecule has 0 aromatic heterocycles. The topological polar surface area (TPSA) is 61.4 Å². The van der Waals surface area contributed by atoms with E-state index < -0.39 is 0 Å². The Hall–Kier alpha value is -3.80. The van der Waals surface area contributed by atoms with Crippen LogP contribution in [0.4, 0.5) is 22.7 Å². The van der Waals surface area contributed by atoms with Gasteiger partial charge in [-0.05, 0) is 66.2 Å². The van der Waals surface area contributed by atoms with Crippen LogP contribution in [0.5, 0.6) is 0 Å². The molecule has 4 aromatic rings. The van der Waals surface area contributed by atoms with Crippen LogP contribution < -0.4 is 15.5 Å². The summed E-state index contributed by atoms with van der Waals surface area (Å²) in [6, 6.07) is 27.1. The number of anilines is 4. The van der Waals surface area contributed by atoms with E-state index in [4.69, 9.17) is 23.2 Å². The van der Waals surface area contributed by atoms with E-state index in [2.05, 4.69) is 10.6 Å². The standard InChI is InChI=1S/C27H19Cl2N3O2/c28-19-11-14-22(29)21(15-19)26(33)31-20-12-9-17(10-13-20)27(34)32-24-7-3-1-5-18(24)16-30-23-6-2-4-8-25(23)32/h1-15,30H,16H2,(H,31,33). The maximum Gasteiger partial charge on any atom is 0.262 e. The molecule has 0 saturated carbocycles. The van der Waals surface area contributed by atoms with Crippen LogP contribution in [0.2, 0.25) is 10.0 Å². The third-order valence-corrected chi connectivity index (χ3v) is 6.18. The third kappa shape index (κ3) is 4.23. The number of benzene rings is 4. The summed E-state index contributed by atoms with van der Waals surface area (Å²) in [5.41, 5.74) is 4.83. The van der Waals surface area contributed by atoms with Gasteiger partial charge < -0.3 is 10.6 Å². The quantitative estimate of drug-likeness (QED) is 0.322. The maximum absolute atomic E-state index is 13.7. The third-order valence-electron chi connectivity index (χ3n) is 5.61. The first-order valence-electron chi connectivity index (χ1n) is 10.6. The Bertz CT molecular complexity index is 1360. The van der Waals surface area contributed by atoms with Crippen LogP contribution >= 0.6 is 23.2 Å². The van der Waals surface area contributed by atoms with Crippen LogP contribution in [0.15, 0.2) is 91.0 Å². The maximum atomic E-state index is 13.7. The molecule has 0 aliphatic carbocycles. The molecule has 34 heavy (non-hydrogen) atoms. The molecule has 168 valence electrons. The van der Waals surface area contributed by atoms with Gasteiger partial charge in [-0.3, -0.25) is 14.5 Å². The van der Waals surface area contributed by atoms with Gasteiger partial charge in [-0.25, -0.2) is 0 Å². The van der Waals surface area contributed by atoms with Gasteiger partial charge in [0.25, 0.3) is 11.8 Å². The van der Waals surface area contributed by atoms with Crippen molar-refractivity contribution in [1.29, 1.82) is 0 Å². The highest BCUT2D eigenvalue weighted by atomic mass is 35.5. The van der Waals surface area contributed by atoms with Gasteiger partial charge in [0.05, 0.1) is 27.6 Å². The number of rotatable bonds is 3. The molecule has 0 fully saturated rings. The molecule has 2 amide bonds. The predicted octanol–water partition coefficient (Wildman–Crippen LogP) is 7.15. The van der Waals surface area contributed by atoms with Crippen molar-refractivity contribution >= 4 is 57.8 Å². The molecule has 1 aliphatic rings. The number of hydrogen-bond acceptors (Lipinski definition) is 3. The van der Waals surface area contributed by atoms with Crippen LogP contribution in [0.3, 0.4) is 0 Å². The summed E-state index contributed by atoms with van der Waals surface area (Å²) >= 11 is 12.1. The number of halogens is 2. The zero-order valence-corrected chi connectivity index (χ0v) is 19.4. The highest BCUT2D eigenvalue weighted by Gasteiger charge is 2.26. The van der Waals surface area contributed by atoms with E-state index in [9.17, 15) is 9.59 Å². The van der Waals surface area contributed by atoms with E-state index >= 15 is 0 Å². The van der Waals surface area contributed by atoms with Gasteiger partial charge in [-0.1, -0.05) is 53.5 Å². The van der Waals surface area contributed by atoms with Crippen molar-refractivity contribution in [2.75, 3.05) is 15.5 Å². The van der Waals surface area contributed by atoms with E-state index in [-0.39, 0.29) is 17.4 Å². The lowest BCUT2D eigenvalue weighted by molar-refractivity contribution is 0.0997. The molecule has 0 radical (unpaired) electrons. The van der Waals surface area contributed by atoms with Gasteiger partial charge in [-0.2, -0.15) is 0 Å². The number of amides is 2. The highest BCUT2D eigenvalue weighted by Crippen LogP contribution is 2.38. The van der Waals surface area contributed by atoms with Crippen molar-refractivity contribution in [1.82, 2.24) is 0 Å². The molecule has 5 rings (SSSR count). The fourth-order valence-electron chi connectivity index (χ4n) is 3.93. The van der Waals surface area contributed by atoms with Crippen LogP contribution in [0.25, 0.3) is 0 Å². The summed E-state index contributed by atoms with van der Waals surface area (Å²) in [4.78, 5) is 28.0. The summed E-state index contributed by atoms with van der Waals surface area (Å²) in [5.74, 6) is -0.549. The second kappa shape index (κ2) is 9.21. The molecular formula is C27H19Cl2N3O2. The SMILES string of the molecule is O=C(Nc1ccc(C(=O)N2c3ccccc3CNc3ccccc32)cc1)c1cc(Cl)ccc1Cl. The number of hydrogen-bond donors (Lipinski definition) is 2. The van der Waals surface area contributed by atoms with Gasteiger partial charge >= 0.3 is 0 Å². The van der Waals surface area contributed by atoms with Crippen molar-refractivity contribution in [3.63, 3.8) is 0 Å². The van der Waals surface area contributed by atoms with Crippen LogP contribution in [0.1, 0.15) is 26.3 Å². The molecule has 4 aromatic carbocycles. The van der Waals surface area contributed by atoms with Crippen molar-refractivity contribution in [3.8, 4) is 0 Å². The molecule has 1 heterocycles. The fraction of sp³-hybridized carbons (Fsp3) is 0.0370. The average Bonchev–Trinajstić information content (AvgIpc) is 3.02. The molecule has 0 spiro atoms. The average molecular weight is 488 g/mol. The van der Waals surface area contributed by atoms with Crippen molar-refractivity contribution in [3.05, 3.63) is 118 Å². The lowest BCUT2D eigenvalue weighted by atomic mass is 10.1. The first kappa shape index (κ1) is 22.0. The van der Waals surface area contributed by atoms with Crippen LogP contribution in [-0.2, 0) is 6.54 Å². The van der Waals surface area contributed by atoms with E-state index in [0.29, 0.717) is 27.8 Å². The van der Waals surface area contributed by atoms with Crippen molar-refractivity contribution in [2.45, 2.75) is 6.54 Å². The van der Waals surface area contributed by atoms with Gasteiger partial charge in [0, 0.05) is 22.8 Å². The molecule has 2 N–H and O–H groups in total. The number of carbonyl (C=O) groups excluding carboxylic acids is 2. The number of para-hydroxylation sites is 3. The Balaban J connectivity index is 1.44. The fourth-order valence-corrected chi connectivity index (χ4v) is 4.31. The Morgan fingerprint density at radius 3 is 2.32 bits per heavy atom. The first-order valence-corrected chi connectivity index (χ1v) is 11.4. The lowest BCUT2D eigenvalue weighted by Gasteiger charge is -2.24. The van der Waals surface area contributed by atoms with Gasteiger partial charge in [0.2, 0.25) is 0 Å². The largest absolute Gasteiger partial charge is 0.379 e. The summed E-state index contributed by atoms with van der Waals surface area (Å²) in [5, 5.41) is 6.93. The molecule has 0 unspecified atom stereocenters. The Kier molecular flexibility index (Phi) is 5.97. The van der Waals surface area contributed by atoms with E-state index in [1.165, 1.54) is 6.07 Å². The molecule has 1 aliphatic heterocycles. The van der Waals surface area contributed by atoms with Gasteiger partial charge in [0.15, 0.2) is 0 Å². The first-order chi connectivity index (χ1) is 16.5. The van der Waals surface area contributed by atoms with E-state index in [0.717, 1.165) is 22.6 Å². The Morgan fingerprint density at radius 2 is 1.53 bits per heavy atom. The molecule has 5 nitrogen and oxygen atoms in total. The minimum atomic E-state index is -0.381. The summed E-state index contributed by atoms with van der Waals surface area (Å²) in [6.45, 7) is 0.619.